The third-order valence-corrected chi connectivity index (χ3v) is 2.77. The number of nitrogens with zero attached hydrogens (tertiary/aromatic N) is 3. The molecule has 2 rings (SSSR count). The van der Waals surface area contributed by atoms with Gasteiger partial charge in [-0.15, -0.1) is 0 Å². The average Bonchev–Trinajstić information content (AvgIpc) is 2.77. The zero-order valence-electron chi connectivity index (χ0n) is 10.2. The lowest BCUT2D eigenvalue weighted by Crippen LogP contribution is -2.21. The van der Waals surface area contributed by atoms with Crippen molar-refractivity contribution in [3.05, 3.63) is 46.0 Å². The van der Waals surface area contributed by atoms with E-state index in [1.807, 2.05) is 6.92 Å². The molecule has 0 aliphatic rings. The maximum Gasteiger partial charge on any atom is 0.216 e. The lowest BCUT2D eigenvalue weighted by molar-refractivity contribution is -0.255. The van der Waals surface area contributed by atoms with Crippen LogP contribution < -0.4 is 5.11 Å². The van der Waals surface area contributed by atoms with E-state index in [0.717, 1.165) is 11.4 Å². The Labute approximate surface area is 114 Å². The highest BCUT2D eigenvalue weighted by Crippen LogP contribution is 2.03. The van der Waals surface area contributed by atoms with E-state index in [1.165, 1.54) is 16.8 Å². The van der Waals surface area contributed by atoms with Crippen LogP contribution in [0.25, 0.3) is 0 Å². The summed E-state index contributed by atoms with van der Waals surface area (Å²) in [5, 5.41) is 21.5. The summed E-state index contributed by atoms with van der Waals surface area (Å²) in [7, 11) is 0. The minimum Gasteiger partial charge on any atom is -0.545 e. The van der Waals surface area contributed by atoms with E-state index in [4.69, 9.17) is 12.2 Å². The average molecular weight is 275 g/mol. The number of carboxylic acid groups (broad SMARTS) is 1. The van der Waals surface area contributed by atoms with Crippen molar-refractivity contribution in [3.63, 3.8) is 0 Å². The van der Waals surface area contributed by atoms with Gasteiger partial charge in [0.15, 0.2) is 5.82 Å². The highest BCUT2D eigenvalue weighted by Gasteiger charge is 2.01. The van der Waals surface area contributed by atoms with Crippen LogP contribution in [0.2, 0.25) is 0 Å². The number of carbonyl (C=O) groups is 1. The summed E-state index contributed by atoms with van der Waals surface area (Å²) < 4.78 is 1.95. The molecule has 0 spiro atoms. The molecule has 0 radical (unpaired) electrons. The Hall–Kier alpha value is -2.28. The zero-order chi connectivity index (χ0) is 13.8. The largest absolute Gasteiger partial charge is 0.545 e. The van der Waals surface area contributed by atoms with Crippen LogP contribution in [-0.2, 0) is 6.42 Å². The Morgan fingerprint density at radius 2 is 2.21 bits per heavy atom. The Balaban J connectivity index is 2.25. The summed E-state index contributed by atoms with van der Waals surface area (Å²) in [4.78, 5) is 10.6. The van der Waals surface area contributed by atoms with Gasteiger partial charge in [-0.3, -0.25) is 5.10 Å². The summed E-state index contributed by atoms with van der Waals surface area (Å²) >= 11 is 5.05. The molecule has 0 atom stereocenters. The van der Waals surface area contributed by atoms with Crippen molar-refractivity contribution in [1.29, 1.82) is 0 Å². The molecule has 7 heteroatoms. The summed E-state index contributed by atoms with van der Waals surface area (Å²) in [6, 6.07) is 6.21. The lowest BCUT2D eigenvalue weighted by Gasteiger charge is -2.01. The third kappa shape index (κ3) is 2.94. The molecule has 6 nitrogen and oxygen atoms in total. The fourth-order valence-corrected chi connectivity index (χ4v) is 1.70. The van der Waals surface area contributed by atoms with Gasteiger partial charge in [-0.2, -0.15) is 14.9 Å². The van der Waals surface area contributed by atoms with Crippen LogP contribution in [0.1, 0.15) is 28.7 Å². The van der Waals surface area contributed by atoms with Crippen LogP contribution in [0.15, 0.2) is 29.4 Å². The first-order chi connectivity index (χ1) is 9.11. The summed E-state index contributed by atoms with van der Waals surface area (Å²) in [5.74, 6) is -0.471. The van der Waals surface area contributed by atoms with Crippen molar-refractivity contribution < 1.29 is 9.90 Å². The molecule has 1 aromatic heterocycles. The first-order valence-corrected chi connectivity index (χ1v) is 6.04. The van der Waals surface area contributed by atoms with Crippen molar-refractivity contribution >= 4 is 24.4 Å². The molecule has 1 heterocycles. The number of aromatic carboxylic acids is 1. The molecular weight excluding hydrogens is 264 g/mol. The normalized spacial score (nSPS) is 11.0. The van der Waals surface area contributed by atoms with Gasteiger partial charge >= 0.3 is 0 Å². The molecule has 2 aromatic rings. The van der Waals surface area contributed by atoms with Gasteiger partial charge in [-0.05, 0) is 23.3 Å². The van der Waals surface area contributed by atoms with Gasteiger partial charge in [0.05, 0.1) is 12.2 Å². The Morgan fingerprint density at radius 1 is 1.53 bits per heavy atom. The topological polar surface area (TPSA) is 86.1 Å². The van der Waals surface area contributed by atoms with E-state index in [2.05, 4.69) is 15.3 Å². The molecule has 0 saturated heterocycles. The van der Waals surface area contributed by atoms with Crippen molar-refractivity contribution in [3.8, 4) is 0 Å². The van der Waals surface area contributed by atoms with Gasteiger partial charge in [0.2, 0.25) is 4.77 Å². The fourth-order valence-electron chi connectivity index (χ4n) is 1.50. The Morgan fingerprint density at radius 3 is 2.79 bits per heavy atom. The molecule has 0 aliphatic carbocycles. The maximum atomic E-state index is 10.6. The van der Waals surface area contributed by atoms with Crippen LogP contribution in [-0.4, -0.2) is 27.1 Å². The van der Waals surface area contributed by atoms with Crippen molar-refractivity contribution in [2.75, 3.05) is 0 Å². The van der Waals surface area contributed by atoms with Crippen molar-refractivity contribution in [2.45, 2.75) is 13.3 Å². The molecule has 98 valence electrons. The van der Waals surface area contributed by atoms with Crippen LogP contribution >= 0.6 is 12.2 Å². The second-order valence-electron chi connectivity index (χ2n) is 3.76. The summed E-state index contributed by atoms with van der Waals surface area (Å²) in [5.41, 5.74) is 0.890. The van der Waals surface area contributed by atoms with Gasteiger partial charge in [0, 0.05) is 6.42 Å². The number of benzene rings is 1. The number of aromatic nitrogens is 3. The van der Waals surface area contributed by atoms with Crippen LogP contribution in [0.4, 0.5) is 0 Å². The number of aryl methyl sites for hydroxylation is 1. The second-order valence-corrected chi connectivity index (χ2v) is 4.15. The number of nitrogens with one attached hydrogen (secondary N) is 1. The second kappa shape index (κ2) is 5.57. The number of H-pyrrole nitrogens is 1. The SMILES string of the molecule is CCc1n[nH]c(=S)n1/N=C\c1ccc(C(=O)[O-])cc1. The van der Waals surface area contributed by atoms with E-state index < -0.39 is 5.97 Å². The van der Waals surface area contributed by atoms with Gasteiger partial charge < -0.3 is 9.90 Å². The molecule has 1 aromatic carbocycles. The maximum absolute atomic E-state index is 10.6. The van der Waals surface area contributed by atoms with Crippen LogP contribution in [0.5, 0.6) is 0 Å². The molecule has 0 unspecified atom stereocenters. The van der Waals surface area contributed by atoms with Gasteiger partial charge in [-0.25, -0.2) is 0 Å². The van der Waals surface area contributed by atoms with E-state index in [1.54, 1.807) is 18.3 Å². The van der Waals surface area contributed by atoms with Crippen LogP contribution in [0.3, 0.4) is 0 Å². The van der Waals surface area contributed by atoms with Crippen molar-refractivity contribution in [1.82, 2.24) is 14.9 Å². The molecule has 0 amide bonds. The van der Waals surface area contributed by atoms with E-state index in [-0.39, 0.29) is 5.56 Å². The van der Waals surface area contributed by atoms with E-state index >= 15 is 0 Å². The highest BCUT2D eigenvalue weighted by atomic mass is 32.1. The smallest absolute Gasteiger partial charge is 0.216 e. The first kappa shape index (κ1) is 13.2. The lowest BCUT2D eigenvalue weighted by atomic mass is 10.1. The first-order valence-electron chi connectivity index (χ1n) is 5.64. The van der Waals surface area contributed by atoms with Gasteiger partial charge in [-0.1, -0.05) is 31.2 Å². The van der Waals surface area contributed by atoms with Gasteiger partial charge in [0.1, 0.15) is 0 Å². The third-order valence-electron chi connectivity index (χ3n) is 2.50. The Kier molecular flexibility index (Phi) is 3.86. The standard InChI is InChI=1S/C12H12N4O2S/c1-2-10-14-15-12(19)16(10)13-7-8-3-5-9(6-4-8)11(17)18/h3-7H,2H2,1H3,(H,15,19)(H,17,18)/p-1/b13-7-. The minimum absolute atomic E-state index is 0.131. The highest BCUT2D eigenvalue weighted by molar-refractivity contribution is 7.71. The molecule has 1 N–H and O–H groups in total. The molecule has 0 saturated carbocycles. The zero-order valence-corrected chi connectivity index (χ0v) is 11.0. The van der Waals surface area contributed by atoms with Crippen molar-refractivity contribution in [2.24, 2.45) is 5.10 Å². The molecular formula is C12H11N4O2S-. The number of carboxylic acids is 1. The quantitative estimate of drug-likeness (QED) is 0.659. The predicted octanol–water partition coefficient (Wildman–Crippen LogP) is 0.749. The number of rotatable bonds is 4. The van der Waals surface area contributed by atoms with Gasteiger partial charge in [0.25, 0.3) is 0 Å². The number of aromatic amines is 1. The molecule has 19 heavy (non-hydrogen) atoms. The summed E-state index contributed by atoms with van der Waals surface area (Å²) in [6.45, 7) is 1.95. The number of hydrogen-bond donors (Lipinski definition) is 1. The number of hydrogen-bond acceptors (Lipinski definition) is 5. The van der Waals surface area contributed by atoms with E-state index in [0.29, 0.717) is 11.2 Å². The van der Waals surface area contributed by atoms with Crippen LogP contribution in [0, 0.1) is 4.77 Å². The minimum atomic E-state index is -1.20. The molecule has 0 fully saturated rings. The number of carbonyl (C=O) groups excluding carboxylic acids is 1. The Bertz CT molecular complexity index is 670. The fraction of sp³-hybridized carbons (Fsp3) is 0.167. The van der Waals surface area contributed by atoms with E-state index in [9.17, 15) is 9.90 Å². The predicted molar refractivity (Wildman–Crippen MR) is 70.6 cm³/mol. The summed E-state index contributed by atoms with van der Waals surface area (Å²) in [6.07, 6.45) is 2.29. The molecule has 0 bridgehead atoms. The monoisotopic (exact) mass is 275 g/mol. The molecule has 0 aliphatic heterocycles.